The van der Waals surface area contributed by atoms with Crippen LogP contribution in [0.25, 0.3) is 10.2 Å². The van der Waals surface area contributed by atoms with E-state index in [-0.39, 0.29) is 46.0 Å². The van der Waals surface area contributed by atoms with Gasteiger partial charge < -0.3 is 9.47 Å². The fourth-order valence-electron chi connectivity index (χ4n) is 7.09. The number of halogens is 5. The average molecular weight is 981 g/mol. The lowest BCUT2D eigenvalue weighted by molar-refractivity contribution is -0.123. The van der Waals surface area contributed by atoms with Gasteiger partial charge in [0.25, 0.3) is 19.1 Å². The normalized spacial score (nSPS) is 16.3. The Balaban J connectivity index is 0.000000193. The first-order valence-corrected chi connectivity index (χ1v) is 24.9. The van der Waals surface area contributed by atoms with Crippen LogP contribution in [-0.4, -0.2) is 46.6 Å². The molecule has 1 aromatic heterocycles. The molecule has 61 heavy (non-hydrogen) atoms. The third-order valence-corrected chi connectivity index (χ3v) is 15.1. The first-order chi connectivity index (χ1) is 29.0. The molecule has 318 valence electrons. The number of nitrogens with one attached hydrogen (secondary N) is 1. The van der Waals surface area contributed by atoms with Gasteiger partial charge in [0, 0.05) is 45.4 Å². The molecule has 1 heterocycles. The van der Waals surface area contributed by atoms with E-state index in [1.165, 1.54) is 23.5 Å². The molecule has 0 bridgehead atoms. The highest BCUT2D eigenvalue weighted by molar-refractivity contribution is 8.13. The molecule has 1 N–H and O–H groups in total. The molecule has 0 radical (unpaired) electrons. The van der Waals surface area contributed by atoms with E-state index in [1.807, 2.05) is 24.3 Å². The number of rotatable bonds is 12. The number of para-hydroxylation sites is 1. The first kappa shape index (κ1) is 45.1. The Morgan fingerprint density at radius 1 is 0.639 bits per heavy atom. The highest BCUT2D eigenvalue weighted by Gasteiger charge is 2.29. The van der Waals surface area contributed by atoms with Crippen LogP contribution in [0, 0.1) is 11.8 Å². The maximum Gasteiger partial charge on any atom is 0.263 e. The fourth-order valence-corrected chi connectivity index (χ4v) is 11.0. The summed E-state index contributed by atoms with van der Waals surface area (Å²) in [6, 6.07) is 27.0. The van der Waals surface area contributed by atoms with Gasteiger partial charge in [0.2, 0.25) is 0 Å². The molecule has 2 unspecified atom stereocenters. The monoisotopic (exact) mass is 978 g/mol. The number of fused-ring (bicyclic) bond motifs is 3. The van der Waals surface area contributed by atoms with Gasteiger partial charge in [-0.05, 0) is 121 Å². The Morgan fingerprint density at radius 2 is 1.15 bits per heavy atom. The molecule has 0 amide bonds. The lowest BCUT2D eigenvalue weighted by Gasteiger charge is -2.24. The number of thiazole rings is 1. The van der Waals surface area contributed by atoms with Crippen LogP contribution >= 0.6 is 68.4 Å². The number of hydrogen-bond donors (Lipinski definition) is 1. The Labute approximate surface area is 381 Å². The zero-order valence-electron chi connectivity index (χ0n) is 31.9. The highest BCUT2D eigenvalue weighted by Crippen LogP contribution is 2.34. The molecule has 0 fully saturated rings. The summed E-state index contributed by atoms with van der Waals surface area (Å²) in [6.07, 6.45) is 2.48. The van der Waals surface area contributed by atoms with E-state index in [2.05, 4.69) is 9.71 Å². The van der Waals surface area contributed by atoms with E-state index in [4.69, 9.17) is 66.6 Å². The predicted molar refractivity (Wildman–Crippen MR) is 241 cm³/mol. The van der Waals surface area contributed by atoms with Crippen molar-refractivity contribution in [3.05, 3.63) is 139 Å². The van der Waals surface area contributed by atoms with Gasteiger partial charge in [-0.25, -0.2) is 21.8 Å². The molecule has 0 saturated heterocycles. The maximum absolute atomic E-state index is 13.0. The van der Waals surface area contributed by atoms with Crippen molar-refractivity contribution in [3.8, 4) is 11.5 Å². The number of anilines is 1. The molecule has 5 aromatic carbocycles. The van der Waals surface area contributed by atoms with Crippen molar-refractivity contribution in [2.75, 3.05) is 17.9 Å². The molecule has 0 aliphatic heterocycles. The predicted octanol–water partition coefficient (Wildman–Crippen LogP) is 10.8. The van der Waals surface area contributed by atoms with Gasteiger partial charge in [-0.15, -0.1) is 0 Å². The second kappa shape index (κ2) is 19.2. The smallest absolute Gasteiger partial charge is 0.263 e. The Morgan fingerprint density at radius 3 is 1.66 bits per heavy atom. The molecule has 8 rings (SSSR count). The number of carbonyl (C=O) groups is 2. The number of sulfonamides is 1. The summed E-state index contributed by atoms with van der Waals surface area (Å²) in [7, 11) is -2.21. The first-order valence-electron chi connectivity index (χ1n) is 18.8. The summed E-state index contributed by atoms with van der Waals surface area (Å²) in [5, 5.41) is 2.18. The van der Waals surface area contributed by atoms with Gasteiger partial charge in [0.1, 0.15) is 23.1 Å². The maximum atomic E-state index is 13.0. The number of benzene rings is 5. The van der Waals surface area contributed by atoms with Crippen molar-refractivity contribution in [3.63, 3.8) is 0 Å². The quantitative estimate of drug-likeness (QED) is 0.118. The van der Waals surface area contributed by atoms with Crippen LogP contribution in [0.2, 0.25) is 20.1 Å². The van der Waals surface area contributed by atoms with E-state index in [9.17, 15) is 26.4 Å². The van der Waals surface area contributed by atoms with E-state index < -0.39 is 19.1 Å². The third kappa shape index (κ3) is 11.4. The lowest BCUT2D eigenvalue weighted by Crippen LogP contribution is -2.27. The number of nitrogens with zero attached hydrogens (tertiary/aromatic N) is 1. The van der Waals surface area contributed by atoms with Crippen LogP contribution in [0.4, 0.5) is 5.13 Å². The number of carbonyl (C=O) groups excluding carboxylic acids is 2. The number of hydrogen-bond acceptors (Lipinski definition) is 10. The van der Waals surface area contributed by atoms with Gasteiger partial charge in [-0.1, -0.05) is 82.0 Å². The minimum absolute atomic E-state index is 0.0511. The van der Waals surface area contributed by atoms with Gasteiger partial charge >= 0.3 is 0 Å². The van der Waals surface area contributed by atoms with Crippen LogP contribution in [0.3, 0.4) is 0 Å². The summed E-state index contributed by atoms with van der Waals surface area (Å²) in [5.41, 5.74) is 4.13. The summed E-state index contributed by atoms with van der Waals surface area (Å²) < 4.78 is 64.0. The second-order valence-corrected chi connectivity index (χ2v) is 21.4. The van der Waals surface area contributed by atoms with Gasteiger partial charge in [0.15, 0.2) is 5.13 Å². The van der Waals surface area contributed by atoms with E-state index in [1.54, 1.807) is 60.7 Å². The average Bonchev–Trinajstić information content (AvgIpc) is 3.61. The molecule has 6 aromatic rings. The lowest BCUT2D eigenvalue weighted by atomic mass is 9.81. The minimum Gasteiger partial charge on any atom is -0.492 e. The van der Waals surface area contributed by atoms with Crippen LogP contribution < -0.4 is 14.2 Å². The topological polar surface area (TPSA) is 146 Å². The van der Waals surface area contributed by atoms with Crippen molar-refractivity contribution < 1.29 is 35.9 Å². The van der Waals surface area contributed by atoms with Crippen LogP contribution in [0.15, 0.2) is 107 Å². The largest absolute Gasteiger partial charge is 0.492 e. The molecule has 10 nitrogen and oxygen atoms in total. The van der Waals surface area contributed by atoms with Crippen molar-refractivity contribution in [2.24, 2.45) is 11.8 Å². The standard InChI is InChI=1S/C25H20Cl2N2O4S2.C18H15Cl3O4S/c26-18-6-8-23(20(27)14-18)33-10-9-16-11-17-12-19(7-5-15(17)13-22(16)30)35(31,32)29-25-28-21-3-1-2-4-24(21)34-25;19-14-2-4-18(16(20)10-14)25-6-5-12-7-13-8-15(26(21,23)24)3-1-11(13)9-17(12)22/h1-8,12,14,16H,9-11,13H2,(H,28,29);1-4,8,10,12H,5-7,9H2. The van der Waals surface area contributed by atoms with Crippen molar-refractivity contribution in [2.45, 2.75) is 48.3 Å². The van der Waals surface area contributed by atoms with Gasteiger partial charge in [0.05, 0.1) is 43.3 Å². The number of Topliss-reactive ketones (excluding diaryl/α,β-unsaturated/α-hetero) is 2. The molecule has 0 saturated carbocycles. The van der Waals surface area contributed by atoms with Crippen LogP contribution in [0.1, 0.15) is 35.1 Å². The highest BCUT2D eigenvalue weighted by atomic mass is 35.7. The molecule has 2 atom stereocenters. The Bertz CT molecular complexity index is 2840. The van der Waals surface area contributed by atoms with Gasteiger partial charge in [-0.2, -0.15) is 0 Å². The van der Waals surface area contributed by atoms with Gasteiger partial charge in [-0.3, -0.25) is 14.3 Å². The summed E-state index contributed by atoms with van der Waals surface area (Å²) in [5.74, 6) is 0.756. The fraction of sp³-hybridized carbons (Fsp3) is 0.233. The summed E-state index contributed by atoms with van der Waals surface area (Å²) >= 11 is 25.2. The van der Waals surface area contributed by atoms with Crippen molar-refractivity contribution >= 4 is 114 Å². The third-order valence-electron chi connectivity index (χ3n) is 10.3. The van der Waals surface area contributed by atoms with Crippen LogP contribution in [-0.2, 0) is 54.3 Å². The molecule has 18 heteroatoms. The van der Waals surface area contributed by atoms with E-state index in [0.717, 1.165) is 32.5 Å². The van der Waals surface area contributed by atoms with Crippen molar-refractivity contribution in [1.29, 1.82) is 0 Å². The number of ketones is 2. The molecular formula is C43H35Cl5N2O8S3. The molecular weight excluding hydrogens is 946 g/mol. The zero-order chi connectivity index (χ0) is 43.5. The number of ether oxygens (including phenoxy) is 2. The Kier molecular flexibility index (Phi) is 14.2. The summed E-state index contributed by atoms with van der Waals surface area (Å²) in [4.78, 5) is 29.6. The van der Waals surface area contributed by atoms with E-state index >= 15 is 0 Å². The zero-order valence-corrected chi connectivity index (χ0v) is 38.1. The van der Waals surface area contributed by atoms with Crippen LogP contribution in [0.5, 0.6) is 11.5 Å². The minimum atomic E-state index is -3.82. The Hall–Kier alpha value is -3.92. The molecule has 0 spiro atoms. The summed E-state index contributed by atoms with van der Waals surface area (Å²) in [6.45, 7) is 0.630. The SMILES string of the molecule is O=C1Cc2ccc(S(=O)(=O)Cl)cc2CC1CCOc1ccc(Cl)cc1Cl.O=C1Cc2ccc(S(=O)(=O)Nc3nc4ccccc4s3)cc2CC1CCOc1ccc(Cl)cc1Cl. The van der Waals surface area contributed by atoms with Crippen molar-refractivity contribution in [1.82, 2.24) is 4.98 Å². The second-order valence-electron chi connectivity index (χ2n) is 14.4. The molecule has 2 aliphatic carbocycles. The van der Waals surface area contributed by atoms with E-state index in [0.29, 0.717) is 75.6 Å². The number of aromatic nitrogens is 1. The molecule has 2 aliphatic rings.